The zero-order chi connectivity index (χ0) is 8.27. The van der Waals surface area contributed by atoms with E-state index in [1.54, 1.807) is 0 Å². The molecule has 1 atom stereocenters. The molecule has 0 radical (unpaired) electrons. The highest BCUT2D eigenvalue weighted by Crippen LogP contribution is 2.24. The van der Waals surface area contributed by atoms with Gasteiger partial charge in [0.25, 0.3) is 0 Å². The van der Waals surface area contributed by atoms with E-state index >= 15 is 0 Å². The molecule has 1 aromatic rings. The van der Waals surface area contributed by atoms with Gasteiger partial charge in [-0.3, -0.25) is 0 Å². The van der Waals surface area contributed by atoms with Crippen molar-refractivity contribution < 1.29 is 0 Å². The highest BCUT2D eigenvalue weighted by atomic mass is 79.9. The molecule has 0 spiro atoms. The van der Waals surface area contributed by atoms with Crippen molar-refractivity contribution >= 4 is 43.2 Å². The van der Waals surface area contributed by atoms with Crippen molar-refractivity contribution in [1.29, 1.82) is 0 Å². The fraction of sp³-hybridized carbons (Fsp3) is 0.500. The SMILES string of the molecule is CC(Br)CCc1sccc1Br. The molecule has 0 N–H and O–H groups in total. The van der Waals surface area contributed by atoms with Gasteiger partial charge in [0.15, 0.2) is 0 Å². The lowest BCUT2D eigenvalue weighted by atomic mass is 10.2. The summed E-state index contributed by atoms with van der Waals surface area (Å²) in [7, 11) is 0. The van der Waals surface area contributed by atoms with Crippen LogP contribution >= 0.6 is 43.2 Å². The largest absolute Gasteiger partial charge is 0.148 e. The van der Waals surface area contributed by atoms with E-state index < -0.39 is 0 Å². The first-order chi connectivity index (χ1) is 5.20. The monoisotopic (exact) mass is 296 g/mol. The lowest BCUT2D eigenvalue weighted by Gasteiger charge is -2.00. The van der Waals surface area contributed by atoms with Gasteiger partial charge in [0, 0.05) is 14.2 Å². The Morgan fingerprint density at radius 1 is 1.64 bits per heavy atom. The van der Waals surface area contributed by atoms with Gasteiger partial charge >= 0.3 is 0 Å². The molecule has 0 bridgehead atoms. The molecule has 0 fully saturated rings. The zero-order valence-corrected chi connectivity index (χ0v) is 10.3. The van der Waals surface area contributed by atoms with E-state index in [9.17, 15) is 0 Å². The maximum atomic E-state index is 3.53. The van der Waals surface area contributed by atoms with Gasteiger partial charge in [-0.05, 0) is 40.2 Å². The molecular weight excluding hydrogens is 288 g/mol. The van der Waals surface area contributed by atoms with Crippen molar-refractivity contribution in [2.24, 2.45) is 0 Å². The van der Waals surface area contributed by atoms with E-state index in [1.165, 1.54) is 22.2 Å². The van der Waals surface area contributed by atoms with Gasteiger partial charge in [-0.25, -0.2) is 0 Å². The van der Waals surface area contributed by atoms with Crippen LogP contribution in [0, 0.1) is 0 Å². The molecule has 0 aliphatic carbocycles. The lowest BCUT2D eigenvalue weighted by Crippen LogP contribution is -1.92. The van der Waals surface area contributed by atoms with Crippen LogP contribution in [0.15, 0.2) is 15.9 Å². The van der Waals surface area contributed by atoms with Crippen molar-refractivity contribution in [1.82, 2.24) is 0 Å². The molecule has 0 amide bonds. The van der Waals surface area contributed by atoms with Crippen LogP contribution in [-0.4, -0.2) is 4.83 Å². The lowest BCUT2D eigenvalue weighted by molar-refractivity contribution is 0.830. The Balaban J connectivity index is 2.44. The van der Waals surface area contributed by atoms with Gasteiger partial charge in [-0.1, -0.05) is 22.9 Å². The maximum absolute atomic E-state index is 3.53. The minimum Gasteiger partial charge on any atom is -0.148 e. The minimum absolute atomic E-state index is 0.622. The highest BCUT2D eigenvalue weighted by Gasteiger charge is 2.02. The van der Waals surface area contributed by atoms with Crippen LogP contribution in [0.25, 0.3) is 0 Å². The summed E-state index contributed by atoms with van der Waals surface area (Å²) in [4.78, 5) is 2.08. The van der Waals surface area contributed by atoms with Gasteiger partial charge in [0.2, 0.25) is 0 Å². The van der Waals surface area contributed by atoms with Crippen molar-refractivity contribution in [3.8, 4) is 0 Å². The smallest absolute Gasteiger partial charge is 0.0314 e. The van der Waals surface area contributed by atoms with E-state index in [-0.39, 0.29) is 0 Å². The van der Waals surface area contributed by atoms with Gasteiger partial charge in [-0.15, -0.1) is 11.3 Å². The molecule has 3 heteroatoms. The Morgan fingerprint density at radius 2 is 2.36 bits per heavy atom. The van der Waals surface area contributed by atoms with Gasteiger partial charge in [-0.2, -0.15) is 0 Å². The van der Waals surface area contributed by atoms with E-state index in [4.69, 9.17) is 0 Å². The summed E-state index contributed by atoms with van der Waals surface area (Å²) >= 11 is 8.87. The zero-order valence-electron chi connectivity index (χ0n) is 6.31. The molecular formula is C8H10Br2S. The van der Waals surface area contributed by atoms with E-state index in [2.05, 4.69) is 50.2 Å². The van der Waals surface area contributed by atoms with Crippen molar-refractivity contribution in [3.63, 3.8) is 0 Å². The summed E-state index contributed by atoms with van der Waals surface area (Å²) in [6, 6.07) is 2.11. The van der Waals surface area contributed by atoms with Crippen LogP contribution in [0.3, 0.4) is 0 Å². The molecule has 1 rings (SSSR count). The average Bonchev–Trinajstić information content (AvgIpc) is 2.31. The minimum atomic E-state index is 0.622. The second-order valence-corrected chi connectivity index (χ2v) is 5.93. The third-order valence-electron chi connectivity index (χ3n) is 1.46. The van der Waals surface area contributed by atoms with Crippen molar-refractivity contribution in [3.05, 3.63) is 20.8 Å². The number of halogens is 2. The fourth-order valence-electron chi connectivity index (χ4n) is 0.833. The summed E-state index contributed by atoms with van der Waals surface area (Å²) in [5, 5.41) is 2.12. The number of rotatable bonds is 3. The first kappa shape index (κ1) is 9.75. The van der Waals surface area contributed by atoms with Gasteiger partial charge < -0.3 is 0 Å². The number of thiophene rings is 1. The van der Waals surface area contributed by atoms with Crippen LogP contribution < -0.4 is 0 Å². The molecule has 0 aliphatic heterocycles. The predicted octanol–water partition coefficient (Wildman–Crippen LogP) is 4.23. The summed E-state index contributed by atoms with van der Waals surface area (Å²) in [6.45, 7) is 2.18. The Bertz CT molecular complexity index is 218. The molecule has 0 aromatic carbocycles. The Labute approximate surface area is 88.3 Å². The molecule has 1 heterocycles. The molecule has 0 saturated carbocycles. The molecule has 1 unspecified atom stereocenters. The van der Waals surface area contributed by atoms with Crippen molar-refractivity contribution in [2.45, 2.75) is 24.6 Å². The molecule has 1 aromatic heterocycles. The second kappa shape index (κ2) is 4.63. The summed E-state index contributed by atoms with van der Waals surface area (Å²) in [5.41, 5.74) is 0. The van der Waals surface area contributed by atoms with Crippen LogP contribution in [0.2, 0.25) is 0 Å². The van der Waals surface area contributed by atoms with E-state index in [0.717, 1.165) is 0 Å². The third kappa shape index (κ3) is 3.26. The first-order valence-electron chi connectivity index (χ1n) is 3.56. The first-order valence-corrected chi connectivity index (χ1v) is 6.15. The summed E-state index contributed by atoms with van der Waals surface area (Å²) < 4.78 is 1.26. The van der Waals surface area contributed by atoms with Gasteiger partial charge in [0.1, 0.15) is 0 Å². The molecule has 11 heavy (non-hydrogen) atoms. The van der Waals surface area contributed by atoms with Crippen LogP contribution in [0.4, 0.5) is 0 Å². The van der Waals surface area contributed by atoms with Crippen LogP contribution in [-0.2, 0) is 6.42 Å². The highest BCUT2D eigenvalue weighted by molar-refractivity contribution is 9.10. The van der Waals surface area contributed by atoms with E-state index in [0.29, 0.717) is 4.83 Å². The van der Waals surface area contributed by atoms with Crippen LogP contribution in [0.5, 0.6) is 0 Å². The third-order valence-corrected chi connectivity index (χ3v) is 3.90. The molecule has 0 aliphatic rings. The summed E-state index contributed by atoms with van der Waals surface area (Å²) in [5.74, 6) is 0. The molecule has 0 saturated heterocycles. The topological polar surface area (TPSA) is 0 Å². The normalized spacial score (nSPS) is 13.4. The number of hydrogen-bond donors (Lipinski definition) is 0. The predicted molar refractivity (Wildman–Crippen MR) is 58.7 cm³/mol. The second-order valence-electron chi connectivity index (χ2n) is 2.51. The average molecular weight is 298 g/mol. The van der Waals surface area contributed by atoms with Gasteiger partial charge in [0.05, 0.1) is 0 Å². The fourth-order valence-corrected chi connectivity index (χ4v) is 2.63. The number of hydrogen-bond acceptors (Lipinski definition) is 1. The Hall–Kier alpha value is 0.660. The molecule has 62 valence electrons. The summed E-state index contributed by atoms with van der Waals surface area (Å²) in [6.07, 6.45) is 2.38. The Morgan fingerprint density at radius 3 is 2.82 bits per heavy atom. The molecule has 0 nitrogen and oxygen atoms in total. The van der Waals surface area contributed by atoms with E-state index in [1.807, 2.05) is 11.3 Å². The van der Waals surface area contributed by atoms with Crippen molar-refractivity contribution in [2.75, 3.05) is 0 Å². The maximum Gasteiger partial charge on any atom is 0.0314 e. The standard InChI is InChI=1S/C8H10Br2S/c1-6(9)2-3-8-7(10)4-5-11-8/h4-6H,2-3H2,1H3. The van der Waals surface area contributed by atoms with Crippen LogP contribution in [0.1, 0.15) is 18.2 Å². The number of alkyl halides is 1. The quantitative estimate of drug-likeness (QED) is 0.733. The number of aryl methyl sites for hydroxylation is 1. The Kier molecular flexibility index (Phi) is 4.10.